The molecule has 0 aliphatic carbocycles. The zero-order valence-electron chi connectivity index (χ0n) is 10.6. The summed E-state index contributed by atoms with van der Waals surface area (Å²) in [5.41, 5.74) is 3.84. The van der Waals surface area contributed by atoms with Crippen LogP contribution in [0.25, 0.3) is 10.6 Å². The maximum atomic E-state index is 12.1. The minimum atomic E-state index is -0.220. The van der Waals surface area contributed by atoms with Gasteiger partial charge in [-0.15, -0.1) is 33.1 Å². The Hall–Kier alpha value is -1.83. The minimum Gasteiger partial charge on any atom is -0.296 e. The Bertz CT molecular complexity index is 757. The lowest BCUT2D eigenvalue weighted by atomic mass is 10.1. The number of carbonyl (C=O) groups is 1. The number of halogens is 1. The summed E-state index contributed by atoms with van der Waals surface area (Å²) in [6.07, 6.45) is 0. The largest absolute Gasteiger partial charge is 0.296 e. The third kappa shape index (κ3) is 3.26. The van der Waals surface area contributed by atoms with Crippen molar-refractivity contribution in [2.24, 2.45) is 0 Å². The number of hydrogen-bond donors (Lipinski definition) is 1. The first kappa shape index (κ1) is 14.1. The number of amides is 1. The van der Waals surface area contributed by atoms with Gasteiger partial charge in [-0.05, 0) is 12.1 Å². The Morgan fingerprint density at radius 3 is 2.95 bits per heavy atom. The number of benzene rings is 1. The van der Waals surface area contributed by atoms with Gasteiger partial charge in [0, 0.05) is 16.5 Å². The van der Waals surface area contributed by atoms with Crippen LogP contribution in [0.1, 0.15) is 16.1 Å². The zero-order chi connectivity index (χ0) is 14.7. The monoisotopic (exact) mass is 336 g/mol. The molecule has 0 aliphatic rings. The van der Waals surface area contributed by atoms with E-state index in [1.807, 2.05) is 17.5 Å². The Morgan fingerprint density at radius 2 is 2.24 bits per heavy atom. The molecule has 0 bridgehead atoms. The first-order chi connectivity index (χ1) is 10.3. The van der Waals surface area contributed by atoms with Crippen LogP contribution in [-0.2, 0) is 5.88 Å². The molecule has 0 spiro atoms. The van der Waals surface area contributed by atoms with Gasteiger partial charge in [0.1, 0.15) is 10.5 Å². The van der Waals surface area contributed by atoms with E-state index in [9.17, 15) is 4.79 Å². The average molecular weight is 337 g/mol. The second kappa shape index (κ2) is 6.30. The summed E-state index contributed by atoms with van der Waals surface area (Å²) < 4.78 is 0. The van der Waals surface area contributed by atoms with Gasteiger partial charge in [-0.2, -0.15) is 0 Å². The SMILES string of the molecule is O=C(Nc1nncs1)c1cccc(-c2nc(CCl)cs2)c1. The van der Waals surface area contributed by atoms with Gasteiger partial charge in [-0.25, -0.2) is 4.98 Å². The molecule has 0 radical (unpaired) electrons. The van der Waals surface area contributed by atoms with Crippen LogP contribution < -0.4 is 5.32 Å². The van der Waals surface area contributed by atoms with Crippen molar-refractivity contribution in [3.63, 3.8) is 0 Å². The highest BCUT2D eigenvalue weighted by molar-refractivity contribution is 7.13. The summed E-state index contributed by atoms with van der Waals surface area (Å²) in [6.45, 7) is 0. The first-order valence-corrected chi connectivity index (χ1v) is 8.24. The molecule has 106 valence electrons. The summed E-state index contributed by atoms with van der Waals surface area (Å²) in [4.78, 5) is 16.6. The molecule has 21 heavy (non-hydrogen) atoms. The molecular weight excluding hydrogens is 328 g/mol. The summed E-state index contributed by atoms with van der Waals surface area (Å²) in [6, 6.07) is 7.29. The maximum absolute atomic E-state index is 12.1. The van der Waals surface area contributed by atoms with E-state index in [4.69, 9.17) is 11.6 Å². The molecule has 8 heteroatoms. The van der Waals surface area contributed by atoms with Gasteiger partial charge in [0.15, 0.2) is 0 Å². The molecule has 0 aliphatic heterocycles. The highest BCUT2D eigenvalue weighted by Crippen LogP contribution is 2.25. The van der Waals surface area contributed by atoms with Crippen LogP contribution in [0.4, 0.5) is 5.13 Å². The lowest BCUT2D eigenvalue weighted by molar-refractivity contribution is 0.102. The first-order valence-electron chi connectivity index (χ1n) is 5.94. The van der Waals surface area contributed by atoms with Crippen LogP contribution in [0.5, 0.6) is 0 Å². The van der Waals surface area contributed by atoms with Crippen LogP contribution in [0.2, 0.25) is 0 Å². The van der Waals surface area contributed by atoms with Gasteiger partial charge >= 0.3 is 0 Å². The molecule has 0 saturated carbocycles. The number of rotatable bonds is 4. The van der Waals surface area contributed by atoms with Gasteiger partial charge in [0.2, 0.25) is 5.13 Å². The van der Waals surface area contributed by atoms with Crippen molar-refractivity contribution in [3.8, 4) is 10.6 Å². The van der Waals surface area contributed by atoms with Crippen LogP contribution >= 0.6 is 34.3 Å². The number of carbonyl (C=O) groups excluding carboxylic acids is 1. The predicted molar refractivity (Wildman–Crippen MR) is 85.0 cm³/mol. The molecule has 0 unspecified atom stereocenters. The number of thiazole rings is 1. The van der Waals surface area contributed by atoms with E-state index in [0.717, 1.165) is 16.3 Å². The lowest BCUT2D eigenvalue weighted by Gasteiger charge is -2.03. The molecule has 1 amide bonds. The molecular formula is C13H9ClN4OS2. The number of nitrogens with one attached hydrogen (secondary N) is 1. The fourth-order valence-electron chi connectivity index (χ4n) is 1.69. The van der Waals surface area contributed by atoms with Crippen molar-refractivity contribution >= 4 is 45.3 Å². The second-order valence-corrected chi connectivity index (χ2v) is 6.02. The number of aromatic nitrogens is 3. The smallest absolute Gasteiger partial charge is 0.257 e. The van der Waals surface area contributed by atoms with E-state index >= 15 is 0 Å². The fraction of sp³-hybridized carbons (Fsp3) is 0.0769. The molecule has 3 rings (SSSR count). The number of anilines is 1. The Kier molecular flexibility index (Phi) is 4.23. The van der Waals surface area contributed by atoms with Crippen LogP contribution in [0.15, 0.2) is 35.2 Å². The van der Waals surface area contributed by atoms with Crippen molar-refractivity contribution in [2.45, 2.75) is 5.88 Å². The van der Waals surface area contributed by atoms with E-state index < -0.39 is 0 Å². The number of alkyl halides is 1. The zero-order valence-corrected chi connectivity index (χ0v) is 13.0. The molecule has 0 fully saturated rings. The number of hydrogen-bond acceptors (Lipinski definition) is 6. The van der Waals surface area contributed by atoms with E-state index in [1.165, 1.54) is 22.7 Å². The van der Waals surface area contributed by atoms with Gasteiger partial charge in [-0.3, -0.25) is 10.1 Å². The number of nitrogens with zero attached hydrogens (tertiary/aromatic N) is 3. The topological polar surface area (TPSA) is 67.8 Å². The predicted octanol–water partition coefficient (Wildman–Crippen LogP) is 3.65. The summed E-state index contributed by atoms with van der Waals surface area (Å²) >= 11 is 8.54. The summed E-state index contributed by atoms with van der Waals surface area (Å²) in [7, 11) is 0. The third-order valence-corrected chi connectivity index (χ3v) is 4.46. The Balaban J connectivity index is 1.84. The second-order valence-electron chi connectivity index (χ2n) is 4.06. The maximum Gasteiger partial charge on any atom is 0.257 e. The Morgan fingerprint density at radius 1 is 1.33 bits per heavy atom. The molecule has 3 aromatic rings. The van der Waals surface area contributed by atoms with Gasteiger partial charge in [0.05, 0.1) is 11.6 Å². The fourth-order valence-corrected chi connectivity index (χ4v) is 3.18. The molecule has 2 heterocycles. The quantitative estimate of drug-likeness (QED) is 0.738. The third-order valence-electron chi connectivity index (χ3n) is 2.64. The van der Waals surface area contributed by atoms with Gasteiger partial charge < -0.3 is 0 Å². The van der Waals surface area contributed by atoms with Crippen LogP contribution in [0, 0.1) is 0 Å². The standard InChI is InChI=1S/C13H9ClN4OS2/c14-5-10-6-20-12(16-10)9-3-1-2-8(4-9)11(19)17-13-18-15-7-21-13/h1-4,6-7H,5H2,(H,17,18,19). The summed E-state index contributed by atoms with van der Waals surface area (Å²) in [5.74, 6) is 0.163. The molecule has 2 aromatic heterocycles. The van der Waals surface area contributed by atoms with E-state index in [-0.39, 0.29) is 5.91 Å². The molecule has 0 atom stereocenters. The van der Waals surface area contributed by atoms with E-state index in [1.54, 1.807) is 17.6 Å². The van der Waals surface area contributed by atoms with E-state index in [2.05, 4.69) is 20.5 Å². The van der Waals surface area contributed by atoms with Crippen molar-refractivity contribution < 1.29 is 4.79 Å². The normalized spacial score (nSPS) is 10.5. The minimum absolute atomic E-state index is 0.220. The molecule has 5 nitrogen and oxygen atoms in total. The highest BCUT2D eigenvalue weighted by Gasteiger charge is 2.11. The van der Waals surface area contributed by atoms with Gasteiger partial charge in [0.25, 0.3) is 5.91 Å². The van der Waals surface area contributed by atoms with Crippen LogP contribution in [0.3, 0.4) is 0 Å². The van der Waals surface area contributed by atoms with Crippen molar-refractivity contribution in [1.82, 2.24) is 15.2 Å². The lowest BCUT2D eigenvalue weighted by Crippen LogP contribution is -2.11. The average Bonchev–Trinajstić information content (AvgIpc) is 3.18. The van der Waals surface area contributed by atoms with Crippen molar-refractivity contribution in [2.75, 3.05) is 5.32 Å². The van der Waals surface area contributed by atoms with Crippen molar-refractivity contribution in [3.05, 3.63) is 46.4 Å². The molecule has 1 aromatic carbocycles. The molecule has 1 N–H and O–H groups in total. The van der Waals surface area contributed by atoms with Crippen LogP contribution in [-0.4, -0.2) is 21.1 Å². The molecule has 0 saturated heterocycles. The van der Waals surface area contributed by atoms with E-state index in [0.29, 0.717) is 16.6 Å². The highest BCUT2D eigenvalue weighted by atomic mass is 35.5. The van der Waals surface area contributed by atoms with Crippen molar-refractivity contribution in [1.29, 1.82) is 0 Å². The Labute approximate surface area is 133 Å². The summed E-state index contributed by atoms with van der Waals surface area (Å²) in [5, 5.41) is 13.4. The van der Waals surface area contributed by atoms with Gasteiger partial charge in [-0.1, -0.05) is 23.5 Å².